The number of anilines is 1. The minimum absolute atomic E-state index is 0.156. The van der Waals surface area contributed by atoms with Gasteiger partial charge in [0, 0.05) is 23.0 Å². The highest BCUT2D eigenvalue weighted by Gasteiger charge is 2.21. The third-order valence-electron chi connectivity index (χ3n) is 3.09. The van der Waals surface area contributed by atoms with Crippen molar-refractivity contribution in [2.24, 2.45) is 5.73 Å². The Bertz CT molecular complexity index is 490. The lowest BCUT2D eigenvalue weighted by Crippen LogP contribution is -2.32. The molecule has 96 valence electrons. The van der Waals surface area contributed by atoms with E-state index in [1.807, 2.05) is 23.1 Å². The Morgan fingerprint density at radius 2 is 2.11 bits per heavy atom. The molecule has 0 aromatic heterocycles. The Morgan fingerprint density at radius 1 is 1.33 bits per heavy atom. The number of benzene rings is 1. The van der Waals surface area contributed by atoms with Gasteiger partial charge >= 0.3 is 0 Å². The van der Waals surface area contributed by atoms with Crippen LogP contribution >= 0.6 is 28.1 Å². The van der Waals surface area contributed by atoms with Gasteiger partial charge in [-0.15, -0.1) is 0 Å². The summed E-state index contributed by atoms with van der Waals surface area (Å²) in [6.07, 6.45) is 3.68. The van der Waals surface area contributed by atoms with Gasteiger partial charge < -0.3 is 10.6 Å². The Labute approximate surface area is 120 Å². The fourth-order valence-corrected chi connectivity index (χ4v) is 2.70. The van der Waals surface area contributed by atoms with Crippen LogP contribution in [0.3, 0.4) is 0 Å². The smallest absolute Gasteiger partial charge is 0.226 e. The first kappa shape index (κ1) is 13.5. The lowest BCUT2D eigenvalue weighted by molar-refractivity contribution is -0.118. The molecule has 1 aromatic rings. The third-order valence-corrected chi connectivity index (χ3v) is 3.80. The summed E-state index contributed by atoms with van der Waals surface area (Å²) in [5.41, 5.74) is 7.32. The molecule has 1 fully saturated rings. The number of nitrogens with two attached hydrogens (primary N) is 1. The van der Waals surface area contributed by atoms with Crippen molar-refractivity contribution in [3.8, 4) is 0 Å². The molecule has 0 atom stereocenters. The van der Waals surface area contributed by atoms with Gasteiger partial charge in [0.05, 0.1) is 5.69 Å². The Morgan fingerprint density at radius 3 is 2.83 bits per heavy atom. The molecule has 2 rings (SSSR count). The van der Waals surface area contributed by atoms with Crippen molar-refractivity contribution in [3.63, 3.8) is 0 Å². The highest BCUT2D eigenvalue weighted by Crippen LogP contribution is 2.28. The van der Waals surface area contributed by atoms with Crippen molar-refractivity contribution in [1.82, 2.24) is 0 Å². The number of hydrogen-bond acceptors (Lipinski definition) is 2. The summed E-state index contributed by atoms with van der Waals surface area (Å²) in [6.45, 7) is 0.741. The monoisotopic (exact) mass is 326 g/mol. The van der Waals surface area contributed by atoms with Gasteiger partial charge in [0.2, 0.25) is 5.91 Å². The second-order valence-corrected chi connectivity index (χ2v) is 5.74. The molecule has 2 N–H and O–H groups in total. The summed E-state index contributed by atoms with van der Waals surface area (Å²) in [7, 11) is 0. The van der Waals surface area contributed by atoms with Crippen molar-refractivity contribution in [1.29, 1.82) is 0 Å². The standard InChI is InChI=1S/C13H15BrN2OS/c14-9-5-6-10(13(15)18)11(8-9)16-7-3-1-2-4-12(16)17/h5-6,8H,1-4,7H2,(H2,15,18). The molecule has 1 heterocycles. The molecule has 0 spiro atoms. The van der Waals surface area contributed by atoms with Gasteiger partial charge in [-0.2, -0.15) is 0 Å². The summed E-state index contributed by atoms with van der Waals surface area (Å²) in [5, 5.41) is 0. The molecule has 5 heteroatoms. The summed E-state index contributed by atoms with van der Waals surface area (Å²) in [4.78, 5) is 14.3. The van der Waals surface area contributed by atoms with Crippen LogP contribution in [0.25, 0.3) is 0 Å². The van der Waals surface area contributed by atoms with Gasteiger partial charge in [-0.1, -0.05) is 34.6 Å². The van der Waals surface area contributed by atoms with Crippen LogP contribution in [0.5, 0.6) is 0 Å². The lowest BCUT2D eigenvalue weighted by Gasteiger charge is -2.23. The molecule has 1 aliphatic heterocycles. The molecule has 18 heavy (non-hydrogen) atoms. The fraction of sp³-hybridized carbons (Fsp3) is 0.385. The first-order valence-corrected chi connectivity index (χ1v) is 7.19. The molecule has 1 aromatic carbocycles. The predicted octanol–water partition coefficient (Wildman–Crippen LogP) is 2.99. The number of nitrogens with zero attached hydrogens (tertiary/aromatic N) is 1. The Hall–Kier alpha value is -0.940. The molecular formula is C13H15BrN2OS. The zero-order valence-electron chi connectivity index (χ0n) is 9.99. The number of rotatable bonds is 2. The molecule has 0 unspecified atom stereocenters. The van der Waals surface area contributed by atoms with E-state index in [9.17, 15) is 4.79 Å². The van der Waals surface area contributed by atoms with Gasteiger partial charge in [-0.05, 0) is 31.0 Å². The first-order chi connectivity index (χ1) is 8.59. The van der Waals surface area contributed by atoms with Gasteiger partial charge in [0.25, 0.3) is 0 Å². The number of amides is 1. The van der Waals surface area contributed by atoms with E-state index >= 15 is 0 Å². The van der Waals surface area contributed by atoms with Crippen LogP contribution in [-0.2, 0) is 4.79 Å². The van der Waals surface area contributed by atoms with Crippen molar-refractivity contribution in [3.05, 3.63) is 28.2 Å². The molecule has 1 saturated heterocycles. The highest BCUT2D eigenvalue weighted by molar-refractivity contribution is 9.10. The second-order valence-electron chi connectivity index (χ2n) is 4.38. The number of carbonyl (C=O) groups is 1. The van der Waals surface area contributed by atoms with E-state index in [0.717, 1.165) is 41.5 Å². The zero-order valence-corrected chi connectivity index (χ0v) is 12.4. The number of carbonyl (C=O) groups excluding carboxylic acids is 1. The maximum absolute atomic E-state index is 12.1. The van der Waals surface area contributed by atoms with Crippen LogP contribution in [0.4, 0.5) is 5.69 Å². The first-order valence-electron chi connectivity index (χ1n) is 5.99. The maximum atomic E-state index is 12.1. The molecule has 3 nitrogen and oxygen atoms in total. The lowest BCUT2D eigenvalue weighted by atomic mass is 10.1. The van der Waals surface area contributed by atoms with Gasteiger partial charge in [0.15, 0.2) is 0 Å². The van der Waals surface area contributed by atoms with Gasteiger partial charge in [-0.3, -0.25) is 4.79 Å². The normalized spacial score (nSPS) is 16.5. The van der Waals surface area contributed by atoms with Crippen LogP contribution < -0.4 is 10.6 Å². The van der Waals surface area contributed by atoms with Crippen molar-refractivity contribution in [2.45, 2.75) is 25.7 Å². The minimum atomic E-state index is 0.156. The molecule has 0 saturated carbocycles. The summed E-state index contributed by atoms with van der Waals surface area (Å²) >= 11 is 8.49. The summed E-state index contributed by atoms with van der Waals surface area (Å²) < 4.78 is 0.926. The second kappa shape index (κ2) is 5.80. The van der Waals surface area contributed by atoms with Crippen molar-refractivity contribution >= 4 is 44.7 Å². The van der Waals surface area contributed by atoms with Crippen LogP contribution in [0.2, 0.25) is 0 Å². The van der Waals surface area contributed by atoms with Gasteiger partial charge in [-0.25, -0.2) is 0 Å². The third kappa shape index (κ3) is 2.90. The van der Waals surface area contributed by atoms with E-state index in [4.69, 9.17) is 18.0 Å². The van der Waals surface area contributed by atoms with Gasteiger partial charge in [0.1, 0.15) is 4.99 Å². The van der Waals surface area contributed by atoms with Crippen molar-refractivity contribution < 1.29 is 4.79 Å². The molecular weight excluding hydrogens is 312 g/mol. The summed E-state index contributed by atoms with van der Waals surface area (Å²) in [6, 6.07) is 5.66. The van der Waals surface area contributed by atoms with Crippen molar-refractivity contribution in [2.75, 3.05) is 11.4 Å². The van der Waals surface area contributed by atoms with Crippen LogP contribution in [0.1, 0.15) is 31.2 Å². The maximum Gasteiger partial charge on any atom is 0.226 e. The van der Waals surface area contributed by atoms with E-state index in [1.165, 1.54) is 0 Å². The molecule has 0 radical (unpaired) electrons. The Balaban J connectivity index is 2.44. The topological polar surface area (TPSA) is 46.3 Å². The van der Waals surface area contributed by atoms with E-state index in [-0.39, 0.29) is 5.91 Å². The van der Waals surface area contributed by atoms with E-state index in [2.05, 4.69) is 15.9 Å². The fourth-order valence-electron chi connectivity index (χ4n) is 2.17. The number of thiocarbonyl (C=S) groups is 1. The predicted molar refractivity (Wildman–Crippen MR) is 80.9 cm³/mol. The van der Waals surface area contributed by atoms with E-state index in [1.54, 1.807) is 0 Å². The molecule has 1 amide bonds. The molecule has 1 aliphatic rings. The quantitative estimate of drug-likeness (QED) is 0.850. The summed E-state index contributed by atoms with van der Waals surface area (Å²) in [5.74, 6) is 0.156. The minimum Gasteiger partial charge on any atom is -0.389 e. The van der Waals surface area contributed by atoms with Crippen LogP contribution in [0.15, 0.2) is 22.7 Å². The number of hydrogen-bond donors (Lipinski definition) is 1. The zero-order chi connectivity index (χ0) is 13.1. The average molecular weight is 327 g/mol. The van der Waals surface area contributed by atoms with E-state index < -0.39 is 0 Å². The number of halogens is 1. The highest BCUT2D eigenvalue weighted by atomic mass is 79.9. The average Bonchev–Trinajstić information content (AvgIpc) is 2.53. The molecule has 0 bridgehead atoms. The van der Waals surface area contributed by atoms with Crippen LogP contribution in [0, 0.1) is 0 Å². The SMILES string of the molecule is NC(=S)c1ccc(Br)cc1N1CCCCCC1=O. The van der Waals surface area contributed by atoms with Crippen LogP contribution in [-0.4, -0.2) is 17.4 Å². The largest absolute Gasteiger partial charge is 0.389 e. The Kier molecular flexibility index (Phi) is 4.35. The molecule has 0 aliphatic carbocycles. The van der Waals surface area contributed by atoms with E-state index in [0.29, 0.717) is 11.4 Å².